The van der Waals surface area contributed by atoms with E-state index in [9.17, 15) is 13.2 Å². The van der Waals surface area contributed by atoms with Gasteiger partial charge in [-0.05, 0) is 42.6 Å². The summed E-state index contributed by atoms with van der Waals surface area (Å²) < 4.78 is 41.6. The lowest BCUT2D eigenvalue weighted by Crippen LogP contribution is -2.67. The molecule has 0 bridgehead atoms. The predicted octanol–water partition coefficient (Wildman–Crippen LogP) is 3.92. The van der Waals surface area contributed by atoms with E-state index in [1.165, 1.54) is 0 Å². The molecule has 36 heavy (non-hydrogen) atoms. The number of likely N-dealkylation sites (tertiary alicyclic amines) is 1. The second-order valence-electron chi connectivity index (χ2n) is 11.4. The molecule has 1 aliphatic heterocycles. The summed E-state index contributed by atoms with van der Waals surface area (Å²) in [5.74, 6) is 0. The van der Waals surface area contributed by atoms with Gasteiger partial charge in [0.1, 0.15) is 5.60 Å². The molecule has 0 spiro atoms. The summed E-state index contributed by atoms with van der Waals surface area (Å²) in [4.78, 5) is 14.7. The first kappa shape index (κ1) is 28.4. The Morgan fingerprint density at radius 3 is 1.86 bits per heavy atom. The average Bonchev–Trinajstić information content (AvgIpc) is 3.14. The number of hydrogen-bond acceptors (Lipinski definition) is 6. The highest BCUT2D eigenvalue weighted by Crippen LogP contribution is 2.37. The first-order valence-electron chi connectivity index (χ1n) is 12.3. The molecule has 0 N–H and O–H groups in total. The summed E-state index contributed by atoms with van der Waals surface area (Å²) in [6.45, 7) is 12.3. The zero-order valence-corrected chi connectivity index (χ0v) is 24.2. The Morgan fingerprint density at radius 2 is 1.44 bits per heavy atom. The van der Waals surface area contributed by atoms with Crippen molar-refractivity contribution in [2.45, 2.75) is 70.7 Å². The van der Waals surface area contributed by atoms with Crippen LogP contribution in [0.2, 0.25) is 5.04 Å². The van der Waals surface area contributed by atoms with Crippen molar-refractivity contribution >= 4 is 34.9 Å². The van der Waals surface area contributed by atoms with Crippen LogP contribution in [0.5, 0.6) is 0 Å². The molecule has 2 unspecified atom stereocenters. The minimum Gasteiger partial charge on any atom is -0.444 e. The van der Waals surface area contributed by atoms with Crippen molar-refractivity contribution in [3.8, 4) is 0 Å². The lowest BCUT2D eigenvalue weighted by atomic mass is 10.2. The first-order chi connectivity index (χ1) is 16.6. The van der Waals surface area contributed by atoms with Crippen LogP contribution < -0.4 is 10.4 Å². The van der Waals surface area contributed by atoms with Crippen molar-refractivity contribution in [3.05, 3.63) is 60.7 Å². The van der Waals surface area contributed by atoms with Gasteiger partial charge in [0.25, 0.3) is 18.4 Å². The zero-order valence-electron chi connectivity index (χ0n) is 22.4. The van der Waals surface area contributed by atoms with Gasteiger partial charge in [-0.25, -0.2) is 4.79 Å². The Kier molecular flexibility index (Phi) is 8.39. The summed E-state index contributed by atoms with van der Waals surface area (Å²) in [6, 6.07) is 20.1. The van der Waals surface area contributed by atoms with Crippen LogP contribution in [-0.4, -0.2) is 64.9 Å². The molecule has 3 rings (SSSR count). The van der Waals surface area contributed by atoms with E-state index in [1.54, 1.807) is 25.7 Å². The molecule has 1 heterocycles. The van der Waals surface area contributed by atoms with Gasteiger partial charge in [-0.3, -0.25) is 4.18 Å². The molecule has 198 valence electrons. The highest BCUT2D eigenvalue weighted by Gasteiger charge is 2.51. The van der Waals surface area contributed by atoms with Gasteiger partial charge in [0.15, 0.2) is 0 Å². The van der Waals surface area contributed by atoms with Crippen molar-refractivity contribution in [1.29, 1.82) is 0 Å². The molecule has 0 radical (unpaired) electrons. The molecule has 2 aromatic carbocycles. The summed E-state index contributed by atoms with van der Waals surface area (Å²) in [6.07, 6.45) is 0.208. The minimum absolute atomic E-state index is 0.122. The number of ether oxygens (including phenoxy) is 1. The fraction of sp³-hybridized carbons (Fsp3) is 0.519. The molecule has 0 aromatic heterocycles. The highest BCUT2D eigenvalue weighted by molar-refractivity contribution is 7.86. The van der Waals surface area contributed by atoms with Crippen molar-refractivity contribution < 1.29 is 26.6 Å². The van der Waals surface area contributed by atoms with E-state index in [4.69, 9.17) is 13.3 Å². The highest BCUT2D eigenvalue weighted by atomic mass is 32.2. The predicted molar refractivity (Wildman–Crippen MR) is 145 cm³/mol. The van der Waals surface area contributed by atoms with Crippen LogP contribution in [0.25, 0.3) is 0 Å². The van der Waals surface area contributed by atoms with Gasteiger partial charge in [0.05, 0.1) is 31.6 Å². The zero-order chi connectivity index (χ0) is 26.8. The Balaban J connectivity index is 1.99. The second-order valence-corrected chi connectivity index (χ2v) is 17.3. The maximum absolute atomic E-state index is 13.1. The molecule has 1 fully saturated rings. The van der Waals surface area contributed by atoms with E-state index in [2.05, 4.69) is 45.0 Å². The van der Waals surface area contributed by atoms with E-state index in [0.29, 0.717) is 6.42 Å². The molecular formula is C27H39NO6SSi. The van der Waals surface area contributed by atoms with Crippen LogP contribution in [0.3, 0.4) is 0 Å². The van der Waals surface area contributed by atoms with Gasteiger partial charge in [-0.15, -0.1) is 0 Å². The third kappa shape index (κ3) is 6.76. The first-order valence-corrected chi connectivity index (χ1v) is 16.0. The Labute approximate surface area is 217 Å². The monoisotopic (exact) mass is 533 g/mol. The second kappa shape index (κ2) is 10.7. The lowest BCUT2D eigenvalue weighted by molar-refractivity contribution is 0.0173. The molecule has 2 aromatic rings. The molecule has 2 atom stereocenters. The summed E-state index contributed by atoms with van der Waals surface area (Å²) >= 11 is 0. The third-order valence-electron chi connectivity index (χ3n) is 6.22. The normalized spacial score (nSPS) is 19.4. The van der Waals surface area contributed by atoms with Crippen molar-refractivity contribution in [3.63, 3.8) is 0 Å². The molecule has 0 aliphatic carbocycles. The van der Waals surface area contributed by atoms with E-state index >= 15 is 0 Å². The molecule has 1 saturated heterocycles. The van der Waals surface area contributed by atoms with Gasteiger partial charge in [0.2, 0.25) is 0 Å². The van der Waals surface area contributed by atoms with E-state index in [-0.39, 0.29) is 18.2 Å². The van der Waals surface area contributed by atoms with E-state index in [1.807, 2.05) is 36.4 Å². The fourth-order valence-corrected chi connectivity index (χ4v) is 10.1. The number of rotatable bonds is 7. The Morgan fingerprint density at radius 1 is 0.944 bits per heavy atom. The van der Waals surface area contributed by atoms with Gasteiger partial charge >= 0.3 is 6.09 Å². The molecule has 7 nitrogen and oxygen atoms in total. The quantitative estimate of drug-likeness (QED) is 0.396. The largest absolute Gasteiger partial charge is 0.444 e. The number of carbonyl (C=O) groups is 1. The molecular weight excluding hydrogens is 494 g/mol. The van der Waals surface area contributed by atoms with Crippen LogP contribution in [-0.2, 0) is 23.5 Å². The van der Waals surface area contributed by atoms with Crippen LogP contribution in [0.15, 0.2) is 60.7 Å². The topological polar surface area (TPSA) is 82.1 Å². The van der Waals surface area contributed by atoms with Gasteiger partial charge in [-0.1, -0.05) is 81.4 Å². The standard InChI is InChI=1S/C27H39NO6SSi/c1-26(2,3)33-25(29)28-19-22(34-35(7,30)31)18-21(28)20-32-36(27(4,5)6,23-14-10-8-11-15-23)24-16-12-9-13-17-24/h8-17,21-22H,18-20H2,1-7H3. The number of hydrogen-bond donors (Lipinski definition) is 0. The van der Waals surface area contributed by atoms with Crippen molar-refractivity contribution in [2.24, 2.45) is 0 Å². The fourth-order valence-electron chi connectivity index (χ4n) is 4.88. The average molecular weight is 534 g/mol. The summed E-state index contributed by atoms with van der Waals surface area (Å²) in [5.41, 5.74) is -0.684. The number of carbonyl (C=O) groups excluding carboxylic acids is 1. The number of benzene rings is 2. The van der Waals surface area contributed by atoms with Gasteiger partial charge < -0.3 is 14.1 Å². The maximum atomic E-state index is 13.1. The molecule has 1 amide bonds. The lowest BCUT2D eigenvalue weighted by Gasteiger charge is -2.44. The number of amides is 1. The minimum atomic E-state index is -3.68. The van der Waals surface area contributed by atoms with E-state index in [0.717, 1.165) is 16.6 Å². The van der Waals surface area contributed by atoms with Crippen molar-refractivity contribution in [1.82, 2.24) is 4.90 Å². The van der Waals surface area contributed by atoms with Crippen LogP contribution >= 0.6 is 0 Å². The van der Waals surface area contributed by atoms with Crippen LogP contribution in [0, 0.1) is 0 Å². The number of nitrogens with zero attached hydrogens (tertiary/aromatic N) is 1. The SMILES string of the molecule is CC(C)(C)OC(=O)N1CC(OS(C)(=O)=O)CC1CO[Si](c1ccccc1)(c1ccccc1)C(C)(C)C. The van der Waals surface area contributed by atoms with Gasteiger partial charge in [0, 0.05) is 0 Å². The van der Waals surface area contributed by atoms with Crippen LogP contribution in [0.4, 0.5) is 4.79 Å². The van der Waals surface area contributed by atoms with Crippen molar-refractivity contribution in [2.75, 3.05) is 19.4 Å². The molecule has 1 aliphatic rings. The van der Waals surface area contributed by atoms with E-state index < -0.39 is 42.3 Å². The maximum Gasteiger partial charge on any atom is 0.410 e. The summed E-state index contributed by atoms with van der Waals surface area (Å²) in [5, 5.41) is 2.04. The Bertz CT molecular complexity index is 1090. The third-order valence-corrected chi connectivity index (χ3v) is 11.9. The Hall–Kier alpha value is -2.20. The van der Waals surface area contributed by atoms with Gasteiger partial charge in [-0.2, -0.15) is 8.42 Å². The van der Waals surface area contributed by atoms with Crippen LogP contribution in [0.1, 0.15) is 48.0 Å². The molecule has 0 saturated carbocycles. The summed E-state index contributed by atoms with van der Waals surface area (Å²) in [7, 11) is -6.51. The smallest absolute Gasteiger partial charge is 0.410 e. The molecule has 9 heteroatoms.